The monoisotopic (exact) mass is 283 g/mol. The molecule has 0 saturated carbocycles. The SMILES string of the molecule is CSCCOCCN1C(=O)C2C3C=CC(O3)C2C1=O. The average molecular weight is 283 g/mol. The highest BCUT2D eigenvalue weighted by Gasteiger charge is 2.60. The average Bonchev–Trinajstić information content (AvgIpc) is 3.06. The van der Waals surface area contributed by atoms with Gasteiger partial charge < -0.3 is 9.47 Å². The van der Waals surface area contributed by atoms with Gasteiger partial charge in [0.25, 0.3) is 0 Å². The van der Waals surface area contributed by atoms with Crippen molar-refractivity contribution in [2.24, 2.45) is 11.8 Å². The number of fused-ring (bicyclic) bond motifs is 5. The molecule has 3 aliphatic heterocycles. The third-order valence-electron chi connectivity index (χ3n) is 3.89. The maximum absolute atomic E-state index is 12.2. The van der Waals surface area contributed by atoms with Crippen molar-refractivity contribution in [3.63, 3.8) is 0 Å². The first kappa shape index (κ1) is 13.1. The molecule has 2 bridgehead atoms. The van der Waals surface area contributed by atoms with Gasteiger partial charge in [-0.25, -0.2) is 0 Å². The highest BCUT2D eigenvalue weighted by Crippen LogP contribution is 2.44. The van der Waals surface area contributed by atoms with E-state index < -0.39 is 0 Å². The van der Waals surface area contributed by atoms with Crippen LogP contribution in [0.15, 0.2) is 12.2 Å². The normalized spacial score (nSPS) is 35.5. The van der Waals surface area contributed by atoms with Gasteiger partial charge in [-0.15, -0.1) is 0 Å². The number of thioether (sulfide) groups is 1. The van der Waals surface area contributed by atoms with Crippen LogP contribution in [0.1, 0.15) is 0 Å². The Morgan fingerprint density at radius 2 is 1.84 bits per heavy atom. The van der Waals surface area contributed by atoms with Crippen LogP contribution >= 0.6 is 11.8 Å². The number of hydrogen-bond acceptors (Lipinski definition) is 5. The van der Waals surface area contributed by atoms with Crippen molar-refractivity contribution in [3.8, 4) is 0 Å². The first-order valence-electron chi connectivity index (χ1n) is 6.49. The minimum atomic E-state index is -0.298. The number of amides is 2. The molecule has 2 amide bonds. The van der Waals surface area contributed by atoms with Crippen LogP contribution in [-0.4, -0.2) is 60.7 Å². The van der Waals surface area contributed by atoms with Gasteiger partial charge in [0.2, 0.25) is 11.8 Å². The molecular formula is C13H17NO4S. The summed E-state index contributed by atoms with van der Waals surface area (Å²) in [5, 5.41) is 0. The molecule has 104 valence electrons. The van der Waals surface area contributed by atoms with E-state index in [0.29, 0.717) is 19.8 Å². The molecule has 3 heterocycles. The van der Waals surface area contributed by atoms with Gasteiger partial charge in [-0.1, -0.05) is 12.2 Å². The zero-order valence-electron chi connectivity index (χ0n) is 10.8. The first-order chi connectivity index (χ1) is 9.24. The molecule has 0 spiro atoms. The van der Waals surface area contributed by atoms with Crippen LogP contribution in [0.5, 0.6) is 0 Å². The smallest absolute Gasteiger partial charge is 0.236 e. The van der Waals surface area contributed by atoms with Crippen molar-refractivity contribution < 1.29 is 19.1 Å². The lowest BCUT2D eigenvalue weighted by Gasteiger charge is -2.17. The van der Waals surface area contributed by atoms with Crippen molar-refractivity contribution in [2.75, 3.05) is 31.8 Å². The van der Waals surface area contributed by atoms with Gasteiger partial charge in [-0.3, -0.25) is 14.5 Å². The second-order valence-corrected chi connectivity index (χ2v) is 5.92. The number of imide groups is 1. The molecular weight excluding hydrogens is 266 g/mol. The predicted octanol–water partition coefficient (Wildman–Crippen LogP) is 0.304. The van der Waals surface area contributed by atoms with E-state index in [0.717, 1.165) is 5.75 Å². The van der Waals surface area contributed by atoms with Crippen LogP contribution in [0, 0.1) is 11.8 Å². The van der Waals surface area contributed by atoms with E-state index in [4.69, 9.17) is 9.47 Å². The molecule has 2 fully saturated rings. The Morgan fingerprint density at radius 1 is 1.21 bits per heavy atom. The van der Waals surface area contributed by atoms with Crippen molar-refractivity contribution in [1.82, 2.24) is 4.90 Å². The van der Waals surface area contributed by atoms with Crippen LogP contribution in [0.4, 0.5) is 0 Å². The first-order valence-corrected chi connectivity index (χ1v) is 7.89. The van der Waals surface area contributed by atoms with E-state index in [1.54, 1.807) is 11.8 Å². The number of rotatable bonds is 6. The molecule has 4 atom stereocenters. The lowest BCUT2D eigenvalue weighted by Crippen LogP contribution is -2.37. The van der Waals surface area contributed by atoms with E-state index in [9.17, 15) is 9.59 Å². The van der Waals surface area contributed by atoms with Crippen LogP contribution in [0.25, 0.3) is 0 Å². The Labute approximate surface area is 116 Å². The molecule has 3 rings (SSSR count). The molecule has 0 aliphatic carbocycles. The molecule has 0 radical (unpaired) electrons. The molecule has 0 N–H and O–H groups in total. The Kier molecular flexibility index (Phi) is 3.64. The Balaban J connectivity index is 1.57. The van der Waals surface area contributed by atoms with E-state index in [1.807, 2.05) is 18.4 Å². The minimum absolute atomic E-state index is 0.0969. The summed E-state index contributed by atoms with van der Waals surface area (Å²) in [4.78, 5) is 25.8. The number of carbonyl (C=O) groups is 2. The molecule has 4 unspecified atom stereocenters. The zero-order valence-corrected chi connectivity index (χ0v) is 11.6. The minimum Gasteiger partial charge on any atom is -0.379 e. The topological polar surface area (TPSA) is 55.8 Å². The van der Waals surface area contributed by atoms with Crippen LogP contribution in [0.2, 0.25) is 0 Å². The highest BCUT2D eigenvalue weighted by atomic mass is 32.2. The van der Waals surface area contributed by atoms with Gasteiger partial charge >= 0.3 is 0 Å². The van der Waals surface area contributed by atoms with E-state index in [-0.39, 0.29) is 35.9 Å². The van der Waals surface area contributed by atoms with Crippen LogP contribution < -0.4 is 0 Å². The molecule has 6 heteroatoms. The van der Waals surface area contributed by atoms with Gasteiger partial charge in [0.15, 0.2) is 0 Å². The zero-order chi connectivity index (χ0) is 13.4. The molecule has 0 aromatic carbocycles. The van der Waals surface area contributed by atoms with Gasteiger partial charge in [0.1, 0.15) is 0 Å². The summed E-state index contributed by atoms with van der Waals surface area (Å²) in [5.41, 5.74) is 0. The van der Waals surface area contributed by atoms with Crippen molar-refractivity contribution in [1.29, 1.82) is 0 Å². The Morgan fingerprint density at radius 3 is 2.42 bits per heavy atom. The lowest BCUT2D eigenvalue weighted by atomic mass is 9.85. The third-order valence-corrected chi connectivity index (χ3v) is 4.47. The summed E-state index contributed by atoms with van der Waals surface area (Å²) < 4.78 is 11.0. The number of nitrogens with zero attached hydrogens (tertiary/aromatic N) is 1. The Hall–Kier alpha value is -0.850. The molecule has 0 aromatic rings. The largest absolute Gasteiger partial charge is 0.379 e. The van der Waals surface area contributed by atoms with E-state index in [2.05, 4.69) is 0 Å². The van der Waals surface area contributed by atoms with E-state index in [1.165, 1.54) is 4.90 Å². The van der Waals surface area contributed by atoms with Crippen molar-refractivity contribution >= 4 is 23.6 Å². The van der Waals surface area contributed by atoms with Crippen molar-refractivity contribution in [3.05, 3.63) is 12.2 Å². The Bertz CT molecular complexity index is 395. The molecule has 0 aromatic heterocycles. The maximum atomic E-state index is 12.2. The van der Waals surface area contributed by atoms with E-state index >= 15 is 0 Å². The fourth-order valence-electron chi connectivity index (χ4n) is 2.99. The fraction of sp³-hybridized carbons (Fsp3) is 0.692. The summed E-state index contributed by atoms with van der Waals surface area (Å²) in [7, 11) is 0. The third kappa shape index (κ3) is 2.11. The fourth-order valence-corrected chi connectivity index (χ4v) is 3.27. The standard InChI is InChI=1S/C13H17NO4S/c1-19-7-6-17-5-4-14-12(15)10-8-2-3-9(18-8)11(10)13(14)16/h2-3,8-11H,4-7H2,1H3. The highest BCUT2D eigenvalue weighted by molar-refractivity contribution is 7.98. The van der Waals surface area contributed by atoms with Crippen molar-refractivity contribution in [2.45, 2.75) is 12.2 Å². The predicted molar refractivity (Wildman–Crippen MR) is 70.7 cm³/mol. The summed E-state index contributed by atoms with van der Waals surface area (Å²) in [5.74, 6) is 0.137. The van der Waals surface area contributed by atoms with Gasteiger partial charge in [0, 0.05) is 5.75 Å². The summed E-state index contributed by atoms with van der Waals surface area (Å²) in [6.45, 7) is 1.43. The molecule has 3 aliphatic rings. The second-order valence-electron chi connectivity index (χ2n) is 4.94. The number of carbonyl (C=O) groups excluding carboxylic acids is 2. The quantitative estimate of drug-likeness (QED) is 0.399. The van der Waals surface area contributed by atoms with Gasteiger partial charge in [-0.2, -0.15) is 11.8 Å². The van der Waals surface area contributed by atoms with Crippen LogP contribution in [0.3, 0.4) is 0 Å². The lowest BCUT2D eigenvalue weighted by molar-refractivity contribution is -0.143. The number of hydrogen-bond donors (Lipinski definition) is 0. The summed E-state index contributed by atoms with van der Waals surface area (Å²) >= 11 is 1.71. The summed E-state index contributed by atoms with van der Waals surface area (Å²) in [6, 6.07) is 0. The molecule has 2 saturated heterocycles. The molecule has 19 heavy (non-hydrogen) atoms. The van der Waals surface area contributed by atoms with Crippen LogP contribution in [-0.2, 0) is 19.1 Å². The second kappa shape index (κ2) is 5.26. The molecule has 5 nitrogen and oxygen atoms in total. The maximum Gasteiger partial charge on any atom is 0.236 e. The summed E-state index contributed by atoms with van der Waals surface area (Å²) in [6.07, 6.45) is 5.41. The number of likely N-dealkylation sites (tertiary alicyclic amines) is 1. The number of ether oxygens (including phenoxy) is 2. The van der Waals surface area contributed by atoms with Gasteiger partial charge in [-0.05, 0) is 6.26 Å². The van der Waals surface area contributed by atoms with Gasteiger partial charge in [0.05, 0.1) is 43.8 Å².